The van der Waals surface area contributed by atoms with Crippen LogP contribution < -0.4 is 0 Å². The fourth-order valence-electron chi connectivity index (χ4n) is 5.83. The Bertz CT molecular complexity index is 698. The van der Waals surface area contributed by atoms with Gasteiger partial charge < -0.3 is 9.47 Å². The lowest BCUT2D eigenvalue weighted by molar-refractivity contribution is -0.305. The molecular weight excluding hydrogens is 734 g/mol. The molecular formula is C42H91N5O10. The van der Waals surface area contributed by atoms with E-state index < -0.39 is 0 Å². The topological polar surface area (TPSA) is 109 Å². The lowest BCUT2D eigenvalue weighted by Gasteiger charge is -2.23. The second kappa shape index (κ2) is 46.5. The van der Waals surface area contributed by atoms with Crippen LogP contribution in [-0.4, -0.2) is 203 Å². The lowest BCUT2D eigenvalue weighted by atomic mass is 10.3. The maximum Gasteiger partial charge on any atom is 0.0949 e. The zero-order chi connectivity index (χ0) is 41.7. The molecule has 344 valence electrons. The average molecular weight is 826 g/mol. The van der Waals surface area contributed by atoms with E-state index in [1.165, 1.54) is 25.7 Å². The van der Waals surface area contributed by atoms with Gasteiger partial charge in [0.1, 0.15) is 0 Å². The molecule has 0 aromatic carbocycles. The second-order valence-corrected chi connectivity index (χ2v) is 14.5. The normalized spacial score (nSPS) is 12.2. The van der Waals surface area contributed by atoms with Gasteiger partial charge in [-0.15, -0.1) is 0 Å². The van der Waals surface area contributed by atoms with Gasteiger partial charge in [0.2, 0.25) is 0 Å². The first-order valence-corrected chi connectivity index (χ1v) is 22.6. The zero-order valence-corrected chi connectivity index (χ0v) is 38.1. The standard InChI is InChI=1S/C42H91N5O10/c1-8-13-18-43(23-33-48-6)25-35-50-52-37-27-45(20-15-10-3)29-39-54-56-41-31-47(22-17-12-5)32-42-57-55-40-30-46(21-16-11-4)28-38-53-51-36-26-44(19-14-9-2)24-34-49-7/h8-42H2,1-7H3. The predicted octanol–water partition coefficient (Wildman–Crippen LogP) is 5.58. The Hall–Kier alpha value is -0.600. The van der Waals surface area contributed by atoms with Gasteiger partial charge in [-0.1, -0.05) is 66.7 Å². The summed E-state index contributed by atoms with van der Waals surface area (Å²) in [5.74, 6) is 0. The SMILES string of the molecule is CCCCN(CCOC)CCOOCCN(CCCC)CCOOCCN(CCCC)CCOOCCN(CCCC)CCOOCCN(CCCC)CCOC. The molecule has 0 saturated heterocycles. The van der Waals surface area contributed by atoms with Crippen LogP contribution in [0.5, 0.6) is 0 Å². The smallest absolute Gasteiger partial charge is 0.0949 e. The maximum absolute atomic E-state index is 5.59. The summed E-state index contributed by atoms with van der Waals surface area (Å²) in [5, 5.41) is 0. The van der Waals surface area contributed by atoms with Gasteiger partial charge in [-0.2, -0.15) is 0 Å². The van der Waals surface area contributed by atoms with Crippen molar-refractivity contribution >= 4 is 0 Å². The molecule has 0 unspecified atom stereocenters. The van der Waals surface area contributed by atoms with Crippen LogP contribution in [-0.2, 0) is 48.6 Å². The van der Waals surface area contributed by atoms with Gasteiger partial charge in [-0.05, 0) is 64.8 Å². The number of hydrogen-bond donors (Lipinski definition) is 0. The average Bonchev–Trinajstić information content (AvgIpc) is 3.23. The summed E-state index contributed by atoms with van der Waals surface area (Å²) in [6, 6.07) is 0. The first kappa shape index (κ1) is 56.4. The molecule has 0 N–H and O–H groups in total. The molecule has 0 radical (unpaired) electrons. The van der Waals surface area contributed by atoms with Crippen LogP contribution in [0.15, 0.2) is 0 Å². The van der Waals surface area contributed by atoms with Crippen LogP contribution in [0.3, 0.4) is 0 Å². The van der Waals surface area contributed by atoms with E-state index >= 15 is 0 Å². The predicted molar refractivity (Wildman–Crippen MR) is 228 cm³/mol. The van der Waals surface area contributed by atoms with Crippen LogP contribution >= 0.6 is 0 Å². The quantitative estimate of drug-likeness (QED) is 0.0433. The van der Waals surface area contributed by atoms with Gasteiger partial charge in [0.15, 0.2) is 0 Å². The molecule has 0 aliphatic rings. The molecule has 0 amide bonds. The van der Waals surface area contributed by atoms with Crippen molar-refractivity contribution < 1.29 is 48.6 Å². The Morgan fingerprint density at radius 1 is 0.228 bits per heavy atom. The third kappa shape index (κ3) is 39.3. The van der Waals surface area contributed by atoms with E-state index in [2.05, 4.69) is 59.1 Å². The first-order chi connectivity index (χ1) is 28.1. The molecule has 0 spiro atoms. The number of rotatable bonds is 49. The van der Waals surface area contributed by atoms with Crippen molar-refractivity contribution in [1.82, 2.24) is 24.5 Å². The molecule has 15 nitrogen and oxygen atoms in total. The van der Waals surface area contributed by atoms with Gasteiger partial charge in [0.05, 0.1) is 66.1 Å². The van der Waals surface area contributed by atoms with Crippen LogP contribution in [0, 0.1) is 0 Å². The van der Waals surface area contributed by atoms with Gasteiger partial charge in [-0.3, -0.25) is 24.5 Å². The number of methoxy groups -OCH3 is 2. The summed E-state index contributed by atoms with van der Waals surface area (Å²) in [6.45, 7) is 29.9. The maximum atomic E-state index is 5.59. The van der Waals surface area contributed by atoms with Gasteiger partial charge in [0.25, 0.3) is 0 Å². The second-order valence-electron chi connectivity index (χ2n) is 14.5. The van der Waals surface area contributed by atoms with Crippen molar-refractivity contribution in [3.8, 4) is 0 Å². The van der Waals surface area contributed by atoms with Gasteiger partial charge in [-0.25, -0.2) is 39.1 Å². The molecule has 0 aliphatic carbocycles. The van der Waals surface area contributed by atoms with Crippen molar-refractivity contribution in [2.24, 2.45) is 0 Å². The Morgan fingerprint density at radius 2 is 0.386 bits per heavy atom. The van der Waals surface area contributed by atoms with Crippen LogP contribution in [0.4, 0.5) is 0 Å². The Balaban J connectivity index is 4.27. The van der Waals surface area contributed by atoms with E-state index in [1.54, 1.807) is 14.2 Å². The van der Waals surface area contributed by atoms with E-state index in [9.17, 15) is 0 Å². The summed E-state index contributed by atoms with van der Waals surface area (Å²) in [7, 11) is 3.48. The highest BCUT2D eigenvalue weighted by Gasteiger charge is 2.10. The fraction of sp³-hybridized carbons (Fsp3) is 1.00. The highest BCUT2D eigenvalue weighted by molar-refractivity contribution is 4.60. The molecule has 0 saturated carbocycles. The van der Waals surface area contributed by atoms with Crippen molar-refractivity contribution in [1.29, 1.82) is 0 Å². The fourth-order valence-corrected chi connectivity index (χ4v) is 5.83. The van der Waals surface area contributed by atoms with Crippen LogP contribution in [0.25, 0.3) is 0 Å². The molecule has 0 aromatic heterocycles. The molecule has 57 heavy (non-hydrogen) atoms. The number of ether oxygens (including phenoxy) is 2. The summed E-state index contributed by atoms with van der Waals surface area (Å²) >= 11 is 0. The zero-order valence-electron chi connectivity index (χ0n) is 38.1. The van der Waals surface area contributed by atoms with Crippen molar-refractivity contribution in [3.05, 3.63) is 0 Å². The Morgan fingerprint density at radius 3 is 0.526 bits per heavy atom. The Kier molecular flexibility index (Phi) is 46.0. The molecule has 0 bridgehead atoms. The number of nitrogens with zero attached hydrogens (tertiary/aromatic N) is 5. The highest BCUT2D eigenvalue weighted by atomic mass is 17.2. The summed E-state index contributed by atoms with van der Waals surface area (Å²) in [6.07, 6.45) is 11.5. The molecule has 15 heteroatoms. The van der Waals surface area contributed by atoms with Crippen molar-refractivity contribution in [3.63, 3.8) is 0 Å². The largest absolute Gasteiger partial charge is 0.383 e. The molecule has 0 aromatic rings. The third-order valence-electron chi connectivity index (χ3n) is 9.62. The Labute approximate surface area is 349 Å². The minimum absolute atomic E-state index is 0.499. The molecule has 0 rings (SSSR count). The van der Waals surface area contributed by atoms with E-state index in [1.807, 2.05) is 0 Å². The summed E-state index contributed by atoms with van der Waals surface area (Å²) in [5.41, 5.74) is 0. The molecule has 0 atom stereocenters. The minimum Gasteiger partial charge on any atom is -0.383 e. The number of hydrogen-bond acceptors (Lipinski definition) is 15. The lowest BCUT2D eigenvalue weighted by Crippen LogP contribution is -2.34. The molecule has 0 heterocycles. The van der Waals surface area contributed by atoms with E-state index in [0.717, 1.165) is 150 Å². The monoisotopic (exact) mass is 826 g/mol. The van der Waals surface area contributed by atoms with Crippen molar-refractivity contribution in [2.75, 3.05) is 178 Å². The number of unbranched alkanes of at least 4 members (excludes halogenated alkanes) is 5. The van der Waals surface area contributed by atoms with Crippen molar-refractivity contribution in [2.45, 2.75) is 98.8 Å². The van der Waals surface area contributed by atoms with Gasteiger partial charge >= 0.3 is 0 Å². The van der Waals surface area contributed by atoms with Gasteiger partial charge in [0, 0.05) is 79.7 Å². The van der Waals surface area contributed by atoms with E-state index in [-0.39, 0.29) is 0 Å². The third-order valence-corrected chi connectivity index (χ3v) is 9.62. The van der Waals surface area contributed by atoms with Crippen LogP contribution in [0.2, 0.25) is 0 Å². The minimum atomic E-state index is 0.499. The van der Waals surface area contributed by atoms with E-state index in [0.29, 0.717) is 52.9 Å². The van der Waals surface area contributed by atoms with E-state index in [4.69, 9.17) is 48.6 Å². The van der Waals surface area contributed by atoms with Crippen LogP contribution in [0.1, 0.15) is 98.8 Å². The summed E-state index contributed by atoms with van der Waals surface area (Å²) < 4.78 is 10.5. The molecule has 0 fully saturated rings. The summed E-state index contributed by atoms with van der Waals surface area (Å²) in [4.78, 5) is 56.1. The first-order valence-electron chi connectivity index (χ1n) is 22.6. The highest BCUT2D eigenvalue weighted by Crippen LogP contribution is 2.02. The molecule has 0 aliphatic heterocycles.